The lowest BCUT2D eigenvalue weighted by atomic mass is 10.0. The van der Waals surface area contributed by atoms with Gasteiger partial charge in [-0.2, -0.15) is 0 Å². The summed E-state index contributed by atoms with van der Waals surface area (Å²) in [6.45, 7) is 2.89. The number of halogens is 1. The Bertz CT molecular complexity index is 943. The Hall–Kier alpha value is -2.53. The first-order valence-corrected chi connectivity index (χ1v) is 9.13. The SMILES string of the molecule is O=c1c2ccccc2ncn1C1CCN(CCc2ccc(F)cc2)CC1. The lowest BCUT2D eigenvalue weighted by Crippen LogP contribution is -2.38. The number of benzene rings is 2. The van der Waals surface area contributed by atoms with E-state index in [1.807, 2.05) is 36.4 Å². The number of piperidine rings is 1. The molecule has 2 aromatic carbocycles. The predicted octanol–water partition coefficient (Wildman–Crippen LogP) is 3.42. The third-order valence-electron chi connectivity index (χ3n) is 5.27. The van der Waals surface area contributed by atoms with Crippen LogP contribution in [0, 0.1) is 5.82 Å². The van der Waals surface area contributed by atoms with Crippen LogP contribution in [-0.2, 0) is 6.42 Å². The van der Waals surface area contributed by atoms with Crippen LogP contribution < -0.4 is 5.56 Å². The van der Waals surface area contributed by atoms with Crippen LogP contribution in [0.4, 0.5) is 4.39 Å². The van der Waals surface area contributed by atoms with Gasteiger partial charge in [0.2, 0.25) is 0 Å². The zero-order valence-electron chi connectivity index (χ0n) is 14.6. The van der Waals surface area contributed by atoms with Gasteiger partial charge >= 0.3 is 0 Å². The highest BCUT2D eigenvalue weighted by Gasteiger charge is 2.21. The van der Waals surface area contributed by atoms with E-state index in [2.05, 4.69) is 9.88 Å². The predicted molar refractivity (Wildman–Crippen MR) is 101 cm³/mol. The second-order valence-corrected chi connectivity index (χ2v) is 6.92. The van der Waals surface area contributed by atoms with E-state index in [0.29, 0.717) is 5.39 Å². The normalized spacial score (nSPS) is 16.2. The first-order chi connectivity index (χ1) is 12.7. The van der Waals surface area contributed by atoms with E-state index in [9.17, 15) is 9.18 Å². The summed E-state index contributed by atoms with van der Waals surface area (Å²) in [5.41, 5.74) is 1.97. The number of nitrogens with zero attached hydrogens (tertiary/aromatic N) is 3. The van der Waals surface area contributed by atoms with Gasteiger partial charge in [-0.1, -0.05) is 24.3 Å². The highest BCUT2D eigenvalue weighted by Crippen LogP contribution is 2.21. The van der Waals surface area contributed by atoms with Gasteiger partial charge in [-0.25, -0.2) is 9.37 Å². The summed E-state index contributed by atoms with van der Waals surface area (Å²) in [4.78, 5) is 19.6. The first kappa shape index (κ1) is 16.9. The summed E-state index contributed by atoms with van der Waals surface area (Å²) in [6, 6.07) is 14.4. The number of fused-ring (bicyclic) bond motifs is 1. The minimum atomic E-state index is -0.191. The first-order valence-electron chi connectivity index (χ1n) is 9.13. The fourth-order valence-electron chi connectivity index (χ4n) is 3.70. The number of para-hydroxylation sites is 1. The summed E-state index contributed by atoms with van der Waals surface area (Å²) in [5, 5.41) is 0.689. The maximum absolute atomic E-state index is 13.0. The lowest BCUT2D eigenvalue weighted by Gasteiger charge is -2.32. The molecule has 2 heterocycles. The van der Waals surface area contributed by atoms with E-state index in [4.69, 9.17) is 0 Å². The molecule has 0 saturated carbocycles. The van der Waals surface area contributed by atoms with Crippen molar-refractivity contribution in [3.05, 3.63) is 76.6 Å². The van der Waals surface area contributed by atoms with Crippen LogP contribution in [0.3, 0.4) is 0 Å². The molecule has 4 nitrogen and oxygen atoms in total. The average molecular weight is 351 g/mol. The standard InChI is InChI=1S/C21H22FN3O/c22-17-7-5-16(6-8-17)9-12-24-13-10-18(11-14-24)25-15-23-20-4-2-1-3-19(20)21(25)26/h1-8,15,18H,9-14H2. The van der Waals surface area contributed by atoms with E-state index in [-0.39, 0.29) is 17.4 Å². The molecule has 5 heteroatoms. The van der Waals surface area contributed by atoms with Crippen molar-refractivity contribution in [2.24, 2.45) is 0 Å². The van der Waals surface area contributed by atoms with Crippen molar-refractivity contribution in [2.75, 3.05) is 19.6 Å². The molecule has 4 rings (SSSR count). The quantitative estimate of drug-likeness (QED) is 0.723. The molecule has 0 radical (unpaired) electrons. The van der Waals surface area contributed by atoms with E-state index in [1.54, 1.807) is 10.9 Å². The second-order valence-electron chi connectivity index (χ2n) is 6.92. The van der Waals surface area contributed by atoms with Gasteiger partial charge in [0.05, 0.1) is 17.2 Å². The summed E-state index contributed by atoms with van der Waals surface area (Å²) in [7, 11) is 0. The minimum absolute atomic E-state index is 0.0559. The van der Waals surface area contributed by atoms with Gasteiger partial charge < -0.3 is 4.90 Å². The van der Waals surface area contributed by atoms with Crippen molar-refractivity contribution < 1.29 is 4.39 Å². The number of hydrogen-bond donors (Lipinski definition) is 0. The molecule has 0 amide bonds. The lowest BCUT2D eigenvalue weighted by molar-refractivity contribution is 0.186. The van der Waals surface area contributed by atoms with E-state index in [0.717, 1.165) is 50.0 Å². The minimum Gasteiger partial charge on any atom is -0.303 e. The van der Waals surface area contributed by atoms with Crippen molar-refractivity contribution >= 4 is 10.9 Å². The van der Waals surface area contributed by atoms with Crippen molar-refractivity contribution in [1.82, 2.24) is 14.5 Å². The zero-order valence-corrected chi connectivity index (χ0v) is 14.6. The molecule has 0 bridgehead atoms. The summed E-state index contributed by atoms with van der Waals surface area (Å²) in [5.74, 6) is -0.191. The summed E-state index contributed by atoms with van der Waals surface area (Å²) in [6.07, 6.45) is 4.51. The van der Waals surface area contributed by atoms with Crippen LogP contribution in [0.25, 0.3) is 10.9 Å². The molecular formula is C21H22FN3O. The zero-order chi connectivity index (χ0) is 17.9. The Morgan fingerprint density at radius 3 is 2.54 bits per heavy atom. The van der Waals surface area contributed by atoms with E-state index >= 15 is 0 Å². The van der Waals surface area contributed by atoms with Gasteiger partial charge in [0, 0.05) is 25.7 Å². The van der Waals surface area contributed by atoms with Crippen molar-refractivity contribution in [1.29, 1.82) is 0 Å². The highest BCUT2D eigenvalue weighted by atomic mass is 19.1. The fraction of sp³-hybridized carbons (Fsp3) is 0.333. The molecule has 26 heavy (non-hydrogen) atoms. The number of rotatable bonds is 4. The van der Waals surface area contributed by atoms with E-state index < -0.39 is 0 Å². The molecule has 0 spiro atoms. The third kappa shape index (κ3) is 3.53. The van der Waals surface area contributed by atoms with E-state index in [1.165, 1.54) is 12.1 Å². The maximum Gasteiger partial charge on any atom is 0.261 e. The Morgan fingerprint density at radius 1 is 1.04 bits per heavy atom. The molecule has 0 atom stereocenters. The Kier molecular flexibility index (Phi) is 4.80. The van der Waals surface area contributed by atoms with Gasteiger partial charge in [-0.3, -0.25) is 9.36 Å². The molecule has 1 aliphatic heterocycles. The summed E-state index contributed by atoms with van der Waals surface area (Å²) < 4.78 is 14.8. The highest BCUT2D eigenvalue weighted by molar-refractivity contribution is 5.76. The second kappa shape index (κ2) is 7.38. The van der Waals surface area contributed by atoms with Crippen LogP contribution in [0.2, 0.25) is 0 Å². The smallest absolute Gasteiger partial charge is 0.261 e. The average Bonchev–Trinajstić information content (AvgIpc) is 2.69. The van der Waals surface area contributed by atoms with Crippen LogP contribution in [0.1, 0.15) is 24.4 Å². The molecule has 134 valence electrons. The van der Waals surface area contributed by atoms with Crippen LogP contribution in [-0.4, -0.2) is 34.1 Å². The molecule has 1 aromatic heterocycles. The molecular weight excluding hydrogens is 329 g/mol. The van der Waals surface area contributed by atoms with Gasteiger partial charge in [-0.15, -0.1) is 0 Å². The topological polar surface area (TPSA) is 38.1 Å². The van der Waals surface area contributed by atoms with Crippen molar-refractivity contribution in [2.45, 2.75) is 25.3 Å². The van der Waals surface area contributed by atoms with Gasteiger partial charge in [0.1, 0.15) is 5.82 Å². The van der Waals surface area contributed by atoms with Gasteiger partial charge in [-0.05, 0) is 49.1 Å². The van der Waals surface area contributed by atoms with Crippen LogP contribution in [0.15, 0.2) is 59.7 Å². The molecule has 3 aromatic rings. The van der Waals surface area contributed by atoms with Crippen LogP contribution >= 0.6 is 0 Å². The maximum atomic E-state index is 13.0. The number of aromatic nitrogens is 2. The van der Waals surface area contributed by atoms with Gasteiger partial charge in [0.15, 0.2) is 0 Å². The third-order valence-corrected chi connectivity index (χ3v) is 5.27. The molecule has 1 aliphatic rings. The molecule has 0 unspecified atom stereocenters. The Balaban J connectivity index is 1.38. The summed E-state index contributed by atoms with van der Waals surface area (Å²) >= 11 is 0. The Morgan fingerprint density at radius 2 is 1.77 bits per heavy atom. The Labute approximate surface area is 151 Å². The molecule has 0 N–H and O–H groups in total. The molecule has 1 fully saturated rings. The number of hydrogen-bond acceptors (Lipinski definition) is 3. The largest absolute Gasteiger partial charge is 0.303 e. The van der Waals surface area contributed by atoms with Crippen LogP contribution in [0.5, 0.6) is 0 Å². The van der Waals surface area contributed by atoms with Crippen molar-refractivity contribution in [3.63, 3.8) is 0 Å². The molecule has 1 saturated heterocycles. The molecule has 0 aliphatic carbocycles. The van der Waals surface area contributed by atoms with Gasteiger partial charge in [0.25, 0.3) is 5.56 Å². The number of likely N-dealkylation sites (tertiary alicyclic amines) is 1. The monoisotopic (exact) mass is 351 g/mol. The fourth-order valence-corrected chi connectivity index (χ4v) is 3.70. The van der Waals surface area contributed by atoms with Crippen molar-refractivity contribution in [3.8, 4) is 0 Å².